The largest absolute Gasteiger partial charge is 0.679 e. The van der Waals surface area contributed by atoms with Gasteiger partial charge in [-0.25, -0.2) is 0 Å². The molecule has 0 aromatic heterocycles. The number of hydrogen-bond acceptors (Lipinski definition) is 4. The molecule has 4 nitrogen and oxygen atoms in total. The van der Waals surface area contributed by atoms with E-state index >= 15 is 0 Å². The van der Waals surface area contributed by atoms with Gasteiger partial charge in [0.25, 0.3) is 0 Å². The first kappa shape index (κ1) is 39.1. The van der Waals surface area contributed by atoms with Crippen LogP contribution in [-0.4, -0.2) is 35.5 Å². The van der Waals surface area contributed by atoms with E-state index in [0.29, 0.717) is 26.4 Å². The molecule has 236 valence electrons. The molecule has 0 aromatic rings. The zero-order chi connectivity index (χ0) is 28.5. The summed E-state index contributed by atoms with van der Waals surface area (Å²) in [5.41, 5.74) is 0. The summed E-state index contributed by atoms with van der Waals surface area (Å²) in [7, 11) is -3.11. The monoisotopic (exact) mass is 573 g/mol. The third kappa shape index (κ3) is 28.0. The molecule has 0 saturated carbocycles. The predicted molar refractivity (Wildman–Crippen MR) is 172 cm³/mol. The third-order valence-corrected chi connectivity index (χ3v) is 9.84. The Balaban J connectivity index is 4.78. The SMILES string of the molecule is CCCCCCCCCO[Si](OCCCCCCC)(OCCCCCCCCC)OCCCCCCCCC. The van der Waals surface area contributed by atoms with Gasteiger partial charge in [-0.3, -0.25) is 0 Å². The molecule has 0 spiro atoms. The Hall–Kier alpha value is 0.0569. The van der Waals surface area contributed by atoms with E-state index in [1.807, 2.05) is 0 Å². The van der Waals surface area contributed by atoms with Crippen molar-refractivity contribution in [2.24, 2.45) is 0 Å². The fourth-order valence-corrected chi connectivity index (χ4v) is 7.00. The number of unbranched alkanes of at least 4 members (excludes halogenated alkanes) is 22. The van der Waals surface area contributed by atoms with Gasteiger partial charge in [0.15, 0.2) is 0 Å². The summed E-state index contributed by atoms with van der Waals surface area (Å²) in [5.74, 6) is 0. The van der Waals surface area contributed by atoms with Gasteiger partial charge in [-0.05, 0) is 25.7 Å². The highest BCUT2D eigenvalue weighted by Gasteiger charge is 2.45. The molecule has 0 atom stereocenters. The molecule has 0 radical (unpaired) electrons. The minimum absolute atomic E-state index is 0.695. The molecule has 0 fully saturated rings. The first-order chi connectivity index (χ1) is 19.2. The molecule has 0 aliphatic heterocycles. The summed E-state index contributed by atoms with van der Waals surface area (Å²) in [6.07, 6.45) is 33.0. The predicted octanol–water partition coefficient (Wildman–Crippen LogP) is 11.7. The topological polar surface area (TPSA) is 36.9 Å². The molecule has 0 rings (SSSR count). The van der Waals surface area contributed by atoms with Crippen LogP contribution in [0.1, 0.15) is 195 Å². The summed E-state index contributed by atoms with van der Waals surface area (Å²) in [4.78, 5) is 0. The highest BCUT2D eigenvalue weighted by molar-refractivity contribution is 6.53. The van der Waals surface area contributed by atoms with Gasteiger partial charge in [0.1, 0.15) is 0 Å². The van der Waals surface area contributed by atoms with Crippen molar-refractivity contribution in [3.05, 3.63) is 0 Å². The van der Waals surface area contributed by atoms with E-state index in [0.717, 1.165) is 25.7 Å². The average Bonchev–Trinajstić information content (AvgIpc) is 2.95. The van der Waals surface area contributed by atoms with E-state index in [1.165, 1.54) is 141 Å². The number of rotatable bonds is 34. The third-order valence-electron chi connectivity index (χ3n) is 7.61. The molecule has 0 aromatic carbocycles. The molecule has 0 amide bonds. The summed E-state index contributed by atoms with van der Waals surface area (Å²) in [6, 6.07) is 0. The van der Waals surface area contributed by atoms with Crippen molar-refractivity contribution in [3.63, 3.8) is 0 Å². The van der Waals surface area contributed by atoms with Crippen LogP contribution in [0.4, 0.5) is 0 Å². The fraction of sp³-hybridized carbons (Fsp3) is 1.00. The second-order valence-corrected chi connectivity index (χ2v) is 13.8. The smallest absolute Gasteiger partial charge is 0.351 e. The Morgan fingerprint density at radius 2 is 0.436 bits per heavy atom. The lowest BCUT2D eigenvalue weighted by Crippen LogP contribution is -2.50. The van der Waals surface area contributed by atoms with Crippen LogP contribution in [0.25, 0.3) is 0 Å². The standard InChI is InChI=1S/C34H72O4Si/c1-5-9-13-17-20-24-28-32-36-39(35-31-27-23-16-12-8-4,37-33-29-25-21-18-14-10-6-2)38-34-30-26-22-19-15-11-7-3/h5-34H2,1-4H3. The van der Waals surface area contributed by atoms with Crippen molar-refractivity contribution in [2.45, 2.75) is 195 Å². The molecule has 0 unspecified atom stereocenters. The molecule has 0 aliphatic rings. The molecule has 39 heavy (non-hydrogen) atoms. The first-order valence-corrected chi connectivity index (χ1v) is 19.4. The van der Waals surface area contributed by atoms with Crippen molar-refractivity contribution < 1.29 is 17.7 Å². The van der Waals surface area contributed by atoms with Crippen molar-refractivity contribution in [2.75, 3.05) is 26.4 Å². The van der Waals surface area contributed by atoms with Crippen LogP contribution in [-0.2, 0) is 17.7 Å². The van der Waals surface area contributed by atoms with Crippen molar-refractivity contribution in [1.29, 1.82) is 0 Å². The van der Waals surface area contributed by atoms with E-state index in [1.54, 1.807) is 0 Å². The summed E-state index contributed by atoms with van der Waals surface area (Å²) < 4.78 is 25.9. The normalized spacial score (nSPS) is 12.0. The van der Waals surface area contributed by atoms with Gasteiger partial charge in [-0.2, -0.15) is 0 Å². The van der Waals surface area contributed by atoms with Gasteiger partial charge in [0.05, 0.1) is 0 Å². The molecular weight excluding hydrogens is 500 g/mol. The van der Waals surface area contributed by atoms with E-state index in [4.69, 9.17) is 17.7 Å². The van der Waals surface area contributed by atoms with Crippen molar-refractivity contribution in [1.82, 2.24) is 0 Å². The lowest BCUT2D eigenvalue weighted by Gasteiger charge is -2.28. The van der Waals surface area contributed by atoms with Crippen LogP contribution in [0.5, 0.6) is 0 Å². The second kappa shape index (κ2) is 32.6. The molecule has 0 N–H and O–H groups in total. The zero-order valence-corrected chi connectivity index (χ0v) is 28.3. The second-order valence-electron chi connectivity index (χ2n) is 11.7. The number of hydrogen-bond donors (Lipinski definition) is 0. The van der Waals surface area contributed by atoms with Crippen LogP contribution in [0, 0.1) is 0 Å². The maximum absolute atomic E-state index is 6.48. The fourth-order valence-electron chi connectivity index (χ4n) is 4.92. The first-order valence-electron chi connectivity index (χ1n) is 17.8. The average molecular weight is 573 g/mol. The Labute approximate surface area is 247 Å². The molecule has 0 bridgehead atoms. The highest BCUT2D eigenvalue weighted by Crippen LogP contribution is 2.19. The molecular formula is C34H72O4Si. The van der Waals surface area contributed by atoms with Gasteiger partial charge in [0.2, 0.25) is 0 Å². The highest BCUT2D eigenvalue weighted by atomic mass is 28.4. The summed E-state index contributed by atoms with van der Waals surface area (Å²) in [6.45, 7) is 11.9. The maximum Gasteiger partial charge on any atom is 0.679 e. The minimum Gasteiger partial charge on any atom is -0.351 e. The van der Waals surface area contributed by atoms with Crippen LogP contribution < -0.4 is 0 Å². The molecule has 0 heterocycles. The Kier molecular flexibility index (Phi) is 32.6. The Bertz CT molecular complexity index is 399. The van der Waals surface area contributed by atoms with E-state index < -0.39 is 9.05 Å². The van der Waals surface area contributed by atoms with Crippen molar-refractivity contribution >= 4 is 9.05 Å². The van der Waals surface area contributed by atoms with Gasteiger partial charge >= 0.3 is 9.05 Å². The summed E-state index contributed by atoms with van der Waals surface area (Å²) in [5, 5.41) is 0. The lowest BCUT2D eigenvalue weighted by molar-refractivity contribution is -0.0375. The molecule has 5 heteroatoms. The van der Waals surface area contributed by atoms with Gasteiger partial charge in [-0.1, -0.05) is 169 Å². The Morgan fingerprint density at radius 3 is 0.641 bits per heavy atom. The lowest BCUT2D eigenvalue weighted by atomic mass is 10.1. The van der Waals surface area contributed by atoms with Crippen LogP contribution in [0.3, 0.4) is 0 Å². The van der Waals surface area contributed by atoms with Crippen molar-refractivity contribution in [3.8, 4) is 0 Å². The van der Waals surface area contributed by atoms with Gasteiger partial charge < -0.3 is 17.7 Å². The van der Waals surface area contributed by atoms with Crippen LogP contribution in [0.2, 0.25) is 0 Å². The van der Waals surface area contributed by atoms with E-state index in [2.05, 4.69) is 27.7 Å². The van der Waals surface area contributed by atoms with Crippen LogP contribution >= 0.6 is 0 Å². The van der Waals surface area contributed by atoms with Gasteiger partial charge in [0, 0.05) is 26.4 Å². The molecule has 0 saturated heterocycles. The quantitative estimate of drug-likeness (QED) is 0.0567. The minimum atomic E-state index is -3.11. The summed E-state index contributed by atoms with van der Waals surface area (Å²) >= 11 is 0. The zero-order valence-electron chi connectivity index (χ0n) is 27.3. The van der Waals surface area contributed by atoms with Gasteiger partial charge in [-0.15, -0.1) is 0 Å². The molecule has 0 aliphatic carbocycles. The maximum atomic E-state index is 6.48. The van der Waals surface area contributed by atoms with E-state index in [9.17, 15) is 0 Å². The Morgan fingerprint density at radius 1 is 0.256 bits per heavy atom. The van der Waals surface area contributed by atoms with E-state index in [-0.39, 0.29) is 0 Å². The van der Waals surface area contributed by atoms with Crippen LogP contribution in [0.15, 0.2) is 0 Å².